The zero-order chi connectivity index (χ0) is 9.84. The van der Waals surface area contributed by atoms with Gasteiger partial charge >= 0.3 is 0 Å². The standard InChI is InChI=1S/C9H16N2OS/c1-7(10)9(11(2)12-3)8-4-5-13-6-8/h4-7,9H,10H2,1-3H3. The molecule has 0 saturated carbocycles. The van der Waals surface area contributed by atoms with E-state index < -0.39 is 0 Å². The molecule has 2 N–H and O–H groups in total. The molecule has 1 aromatic heterocycles. The number of rotatable bonds is 4. The fourth-order valence-corrected chi connectivity index (χ4v) is 2.09. The number of hydrogen-bond donors (Lipinski definition) is 1. The number of hydrogen-bond acceptors (Lipinski definition) is 4. The van der Waals surface area contributed by atoms with Crippen LogP contribution in [0, 0.1) is 0 Å². The smallest absolute Gasteiger partial charge is 0.0755 e. The molecule has 4 heteroatoms. The molecular weight excluding hydrogens is 184 g/mol. The molecule has 1 rings (SSSR count). The third-order valence-electron chi connectivity index (χ3n) is 2.06. The summed E-state index contributed by atoms with van der Waals surface area (Å²) >= 11 is 1.68. The third kappa shape index (κ3) is 2.51. The van der Waals surface area contributed by atoms with Crippen LogP contribution in [0.5, 0.6) is 0 Å². The van der Waals surface area contributed by atoms with E-state index in [9.17, 15) is 0 Å². The van der Waals surface area contributed by atoms with Crippen molar-refractivity contribution in [2.75, 3.05) is 14.2 Å². The Balaban J connectivity index is 2.80. The second-order valence-corrected chi connectivity index (χ2v) is 3.87. The van der Waals surface area contributed by atoms with Gasteiger partial charge in [-0.2, -0.15) is 16.4 Å². The Labute approximate surface area is 83.1 Å². The minimum absolute atomic E-state index is 0.0551. The van der Waals surface area contributed by atoms with Gasteiger partial charge in [-0.15, -0.1) is 0 Å². The summed E-state index contributed by atoms with van der Waals surface area (Å²) < 4.78 is 0. The zero-order valence-corrected chi connectivity index (χ0v) is 9.04. The lowest BCUT2D eigenvalue weighted by atomic mass is 10.0. The monoisotopic (exact) mass is 200 g/mol. The van der Waals surface area contributed by atoms with E-state index in [4.69, 9.17) is 10.6 Å². The lowest BCUT2D eigenvalue weighted by molar-refractivity contribution is -0.146. The molecule has 13 heavy (non-hydrogen) atoms. The maximum absolute atomic E-state index is 5.89. The molecule has 1 aromatic rings. The predicted octanol–water partition coefficient (Wildman–Crippen LogP) is 1.63. The first-order valence-electron chi connectivity index (χ1n) is 4.21. The van der Waals surface area contributed by atoms with E-state index in [1.54, 1.807) is 23.5 Å². The number of nitrogens with zero attached hydrogens (tertiary/aromatic N) is 1. The van der Waals surface area contributed by atoms with Crippen molar-refractivity contribution in [3.8, 4) is 0 Å². The maximum atomic E-state index is 5.89. The molecular formula is C9H16N2OS. The van der Waals surface area contributed by atoms with Crippen LogP contribution in [0.1, 0.15) is 18.5 Å². The van der Waals surface area contributed by atoms with Gasteiger partial charge in [0, 0.05) is 13.1 Å². The summed E-state index contributed by atoms with van der Waals surface area (Å²) in [6.07, 6.45) is 0. The normalized spacial score (nSPS) is 16.1. The summed E-state index contributed by atoms with van der Waals surface area (Å²) in [5, 5.41) is 5.94. The topological polar surface area (TPSA) is 38.5 Å². The molecule has 0 radical (unpaired) electrons. The molecule has 0 aromatic carbocycles. The van der Waals surface area contributed by atoms with E-state index >= 15 is 0 Å². The van der Waals surface area contributed by atoms with Gasteiger partial charge in [0.2, 0.25) is 0 Å². The van der Waals surface area contributed by atoms with Crippen LogP contribution < -0.4 is 5.73 Å². The number of hydroxylamine groups is 2. The predicted molar refractivity (Wildman–Crippen MR) is 55.5 cm³/mol. The van der Waals surface area contributed by atoms with Crippen molar-refractivity contribution >= 4 is 11.3 Å². The average molecular weight is 200 g/mol. The van der Waals surface area contributed by atoms with Crippen LogP contribution in [0.4, 0.5) is 0 Å². The van der Waals surface area contributed by atoms with Crippen LogP contribution in [-0.4, -0.2) is 25.3 Å². The van der Waals surface area contributed by atoms with Gasteiger partial charge in [-0.05, 0) is 29.3 Å². The van der Waals surface area contributed by atoms with Crippen LogP contribution in [0.2, 0.25) is 0 Å². The van der Waals surface area contributed by atoms with Crippen LogP contribution in [0.3, 0.4) is 0 Å². The number of thiophene rings is 1. The molecule has 3 nitrogen and oxygen atoms in total. The Morgan fingerprint density at radius 2 is 2.31 bits per heavy atom. The Hall–Kier alpha value is -0.420. The SMILES string of the molecule is CON(C)C(c1ccsc1)C(C)N. The van der Waals surface area contributed by atoms with Gasteiger partial charge in [0.25, 0.3) is 0 Å². The third-order valence-corrected chi connectivity index (χ3v) is 2.76. The van der Waals surface area contributed by atoms with Crippen molar-refractivity contribution in [2.24, 2.45) is 5.73 Å². The van der Waals surface area contributed by atoms with Gasteiger partial charge in [0.15, 0.2) is 0 Å². The molecule has 2 unspecified atom stereocenters. The fourth-order valence-electron chi connectivity index (χ4n) is 1.40. The van der Waals surface area contributed by atoms with Gasteiger partial charge in [0.1, 0.15) is 0 Å². The largest absolute Gasteiger partial charge is 0.326 e. The Morgan fingerprint density at radius 3 is 2.69 bits per heavy atom. The van der Waals surface area contributed by atoms with Gasteiger partial charge < -0.3 is 10.6 Å². The fraction of sp³-hybridized carbons (Fsp3) is 0.556. The molecule has 0 aliphatic heterocycles. The first kappa shape index (κ1) is 10.7. The summed E-state index contributed by atoms with van der Waals surface area (Å²) in [6, 6.07) is 2.27. The summed E-state index contributed by atoms with van der Waals surface area (Å²) in [4.78, 5) is 5.16. The van der Waals surface area contributed by atoms with E-state index in [0.29, 0.717) is 0 Å². The molecule has 0 fully saturated rings. The van der Waals surface area contributed by atoms with Crippen LogP contribution in [0.15, 0.2) is 16.8 Å². The second-order valence-electron chi connectivity index (χ2n) is 3.09. The van der Waals surface area contributed by atoms with Crippen molar-refractivity contribution in [1.29, 1.82) is 0 Å². The molecule has 1 heterocycles. The molecule has 0 amide bonds. The highest BCUT2D eigenvalue weighted by atomic mass is 32.1. The van der Waals surface area contributed by atoms with E-state index in [1.807, 2.05) is 19.4 Å². The summed E-state index contributed by atoms with van der Waals surface area (Å²) in [6.45, 7) is 1.98. The van der Waals surface area contributed by atoms with Gasteiger partial charge in [-0.3, -0.25) is 0 Å². The minimum atomic E-state index is 0.0551. The summed E-state index contributed by atoms with van der Waals surface area (Å²) in [5.41, 5.74) is 7.10. The second kappa shape index (κ2) is 4.72. The van der Waals surface area contributed by atoms with Crippen LogP contribution in [-0.2, 0) is 4.84 Å². The van der Waals surface area contributed by atoms with Crippen molar-refractivity contribution in [3.05, 3.63) is 22.4 Å². The van der Waals surface area contributed by atoms with Crippen LogP contribution >= 0.6 is 11.3 Å². The summed E-state index contributed by atoms with van der Waals surface area (Å²) in [7, 11) is 3.55. The van der Waals surface area contributed by atoms with Gasteiger partial charge in [-0.25, -0.2) is 0 Å². The van der Waals surface area contributed by atoms with E-state index in [2.05, 4.69) is 11.4 Å². The molecule has 0 bridgehead atoms. The minimum Gasteiger partial charge on any atom is -0.326 e. The lowest BCUT2D eigenvalue weighted by Gasteiger charge is -2.28. The molecule has 0 aliphatic rings. The molecule has 0 aliphatic carbocycles. The quantitative estimate of drug-likeness (QED) is 0.751. The van der Waals surface area contributed by atoms with Crippen molar-refractivity contribution in [1.82, 2.24) is 5.06 Å². The highest BCUT2D eigenvalue weighted by Crippen LogP contribution is 2.23. The van der Waals surface area contributed by atoms with Crippen molar-refractivity contribution in [2.45, 2.75) is 19.0 Å². The van der Waals surface area contributed by atoms with Crippen LogP contribution in [0.25, 0.3) is 0 Å². The first-order valence-corrected chi connectivity index (χ1v) is 5.15. The van der Waals surface area contributed by atoms with E-state index in [1.165, 1.54) is 5.56 Å². The molecule has 74 valence electrons. The zero-order valence-electron chi connectivity index (χ0n) is 8.23. The van der Waals surface area contributed by atoms with Gasteiger partial charge in [0.05, 0.1) is 13.2 Å². The Kier molecular flexibility index (Phi) is 3.87. The first-order chi connectivity index (χ1) is 6.16. The lowest BCUT2D eigenvalue weighted by Crippen LogP contribution is -2.36. The maximum Gasteiger partial charge on any atom is 0.0755 e. The molecule has 0 spiro atoms. The van der Waals surface area contributed by atoms with Gasteiger partial charge in [-0.1, -0.05) is 0 Å². The molecule has 2 atom stereocenters. The Morgan fingerprint density at radius 1 is 1.62 bits per heavy atom. The highest BCUT2D eigenvalue weighted by Gasteiger charge is 2.21. The van der Waals surface area contributed by atoms with Crippen molar-refractivity contribution in [3.63, 3.8) is 0 Å². The van der Waals surface area contributed by atoms with E-state index in [-0.39, 0.29) is 12.1 Å². The Bertz CT molecular complexity index is 236. The average Bonchev–Trinajstić information content (AvgIpc) is 2.56. The van der Waals surface area contributed by atoms with E-state index in [0.717, 1.165) is 0 Å². The number of likely N-dealkylation sites (N-methyl/N-ethyl adjacent to an activating group) is 1. The molecule has 0 saturated heterocycles. The highest BCUT2D eigenvalue weighted by molar-refractivity contribution is 7.07. The summed E-state index contributed by atoms with van der Waals surface area (Å²) in [5.74, 6) is 0. The van der Waals surface area contributed by atoms with Crippen molar-refractivity contribution < 1.29 is 4.84 Å². The number of nitrogens with two attached hydrogens (primary N) is 1.